The number of benzene rings is 2. The molecular weight excluding hydrogens is 298 g/mol. The first-order valence-electron chi connectivity index (χ1n) is 7.10. The summed E-state index contributed by atoms with van der Waals surface area (Å²) < 4.78 is 32.6. The molecule has 0 aliphatic heterocycles. The van der Waals surface area contributed by atoms with Crippen molar-refractivity contribution in [2.24, 2.45) is 0 Å². The number of sulfonamides is 1. The second-order valence-corrected chi connectivity index (χ2v) is 7.08. The van der Waals surface area contributed by atoms with E-state index in [1.54, 1.807) is 7.11 Å². The van der Waals surface area contributed by atoms with Gasteiger partial charge in [-0.25, -0.2) is 13.1 Å². The molecule has 0 saturated carbocycles. The van der Waals surface area contributed by atoms with E-state index in [1.165, 1.54) is 0 Å². The first kappa shape index (κ1) is 16.5. The van der Waals surface area contributed by atoms with Gasteiger partial charge in [-0.3, -0.25) is 0 Å². The maximum Gasteiger partial charge on any atom is 0.216 e. The van der Waals surface area contributed by atoms with Gasteiger partial charge in [0, 0.05) is 11.6 Å². The Hall–Kier alpha value is -1.85. The van der Waals surface area contributed by atoms with Crippen LogP contribution >= 0.6 is 0 Å². The highest BCUT2D eigenvalue weighted by Gasteiger charge is 2.18. The van der Waals surface area contributed by atoms with Crippen LogP contribution in [-0.2, 0) is 15.8 Å². The predicted molar refractivity (Wildman–Crippen MR) is 88.3 cm³/mol. The highest BCUT2D eigenvalue weighted by Crippen LogP contribution is 2.25. The predicted octanol–water partition coefficient (Wildman–Crippen LogP) is 3.18. The van der Waals surface area contributed by atoms with E-state index in [1.807, 2.05) is 62.4 Å². The van der Waals surface area contributed by atoms with Gasteiger partial charge in [0.1, 0.15) is 5.75 Å². The minimum atomic E-state index is -3.43. The summed E-state index contributed by atoms with van der Waals surface area (Å²) in [4.78, 5) is 0. The second-order valence-electron chi connectivity index (χ2n) is 5.33. The Morgan fingerprint density at radius 3 is 2.36 bits per heavy atom. The largest absolute Gasteiger partial charge is 0.496 e. The number of para-hydroxylation sites is 1. The van der Waals surface area contributed by atoms with Crippen LogP contribution in [0.25, 0.3) is 0 Å². The van der Waals surface area contributed by atoms with Crippen molar-refractivity contribution in [1.29, 1.82) is 0 Å². The van der Waals surface area contributed by atoms with Gasteiger partial charge in [0.05, 0.1) is 12.9 Å². The van der Waals surface area contributed by atoms with E-state index < -0.39 is 10.0 Å². The molecule has 0 radical (unpaired) electrons. The molecule has 0 amide bonds. The van der Waals surface area contributed by atoms with E-state index in [9.17, 15) is 8.42 Å². The molecule has 1 unspecified atom stereocenters. The molecule has 0 fully saturated rings. The first-order chi connectivity index (χ1) is 10.4. The third-order valence-corrected chi connectivity index (χ3v) is 4.87. The summed E-state index contributed by atoms with van der Waals surface area (Å²) >= 11 is 0. The zero-order valence-corrected chi connectivity index (χ0v) is 13.9. The molecule has 0 saturated heterocycles. The van der Waals surface area contributed by atoms with E-state index in [0.717, 1.165) is 16.7 Å². The zero-order valence-electron chi connectivity index (χ0n) is 13.0. The summed E-state index contributed by atoms with van der Waals surface area (Å²) in [5, 5.41) is 0. The number of nitrogens with one attached hydrogen (secondary N) is 1. The average Bonchev–Trinajstić information content (AvgIpc) is 2.48. The number of aryl methyl sites for hydroxylation is 1. The van der Waals surface area contributed by atoms with Crippen LogP contribution in [0.2, 0.25) is 0 Å². The van der Waals surface area contributed by atoms with Gasteiger partial charge < -0.3 is 4.74 Å². The Balaban J connectivity index is 2.12. The van der Waals surface area contributed by atoms with E-state index in [4.69, 9.17) is 4.74 Å². The quantitative estimate of drug-likeness (QED) is 0.889. The maximum atomic E-state index is 12.3. The van der Waals surface area contributed by atoms with Crippen molar-refractivity contribution in [3.05, 3.63) is 65.2 Å². The Kier molecular flexibility index (Phi) is 5.21. The summed E-state index contributed by atoms with van der Waals surface area (Å²) in [5.41, 5.74) is 2.69. The fraction of sp³-hybridized carbons (Fsp3) is 0.294. The van der Waals surface area contributed by atoms with E-state index in [0.29, 0.717) is 5.75 Å². The Bertz CT molecular complexity index is 724. The molecule has 2 aromatic rings. The Labute approximate surface area is 132 Å². The normalized spacial score (nSPS) is 12.9. The highest BCUT2D eigenvalue weighted by atomic mass is 32.2. The molecule has 0 aliphatic rings. The minimum absolute atomic E-state index is 0.0350. The van der Waals surface area contributed by atoms with Crippen molar-refractivity contribution in [3.8, 4) is 5.75 Å². The van der Waals surface area contributed by atoms with Crippen LogP contribution in [0.1, 0.15) is 29.7 Å². The smallest absolute Gasteiger partial charge is 0.216 e. The standard InChI is InChI=1S/C17H21NO3S/c1-13-8-10-15(11-9-13)12-22(19,20)18-14(2)16-6-4-5-7-17(16)21-3/h4-11,14,18H,12H2,1-3H3. The number of hydrogen-bond acceptors (Lipinski definition) is 3. The van der Waals surface area contributed by atoms with E-state index >= 15 is 0 Å². The molecule has 118 valence electrons. The van der Waals surface area contributed by atoms with Crippen LogP contribution < -0.4 is 9.46 Å². The SMILES string of the molecule is COc1ccccc1C(C)NS(=O)(=O)Cc1ccc(C)cc1. The van der Waals surface area contributed by atoms with Gasteiger partial charge in [-0.05, 0) is 25.5 Å². The summed E-state index contributed by atoms with van der Waals surface area (Å²) in [6.45, 7) is 3.78. The maximum absolute atomic E-state index is 12.3. The third-order valence-electron chi connectivity index (χ3n) is 3.44. The van der Waals surface area contributed by atoms with Crippen molar-refractivity contribution < 1.29 is 13.2 Å². The van der Waals surface area contributed by atoms with Gasteiger partial charge >= 0.3 is 0 Å². The number of hydrogen-bond donors (Lipinski definition) is 1. The van der Waals surface area contributed by atoms with Crippen molar-refractivity contribution in [2.45, 2.75) is 25.6 Å². The summed E-state index contributed by atoms with van der Waals surface area (Å²) in [7, 11) is -1.85. The summed E-state index contributed by atoms with van der Waals surface area (Å²) in [6.07, 6.45) is 0. The molecule has 1 atom stereocenters. The first-order valence-corrected chi connectivity index (χ1v) is 8.75. The molecule has 4 nitrogen and oxygen atoms in total. The van der Waals surface area contributed by atoms with Crippen LogP contribution in [0.3, 0.4) is 0 Å². The van der Waals surface area contributed by atoms with Gasteiger partial charge in [-0.15, -0.1) is 0 Å². The Morgan fingerprint density at radius 1 is 1.09 bits per heavy atom. The molecule has 0 heterocycles. The number of methoxy groups -OCH3 is 1. The van der Waals surface area contributed by atoms with Crippen LogP contribution in [-0.4, -0.2) is 15.5 Å². The van der Waals surface area contributed by atoms with Crippen molar-refractivity contribution >= 4 is 10.0 Å². The lowest BCUT2D eigenvalue weighted by molar-refractivity contribution is 0.405. The number of ether oxygens (including phenoxy) is 1. The molecule has 5 heteroatoms. The van der Waals surface area contributed by atoms with Crippen molar-refractivity contribution in [1.82, 2.24) is 4.72 Å². The topological polar surface area (TPSA) is 55.4 Å². The lowest BCUT2D eigenvalue weighted by Crippen LogP contribution is -2.28. The summed E-state index contributed by atoms with van der Waals surface area (Å²) in [5.74, 6) is 0.639. The molecule has 0 aliphatic carbocycles. The van der Waals surface area contributed by atoms with Crippen LogP contribution in [0.4, 0.5) is 0 Å². The van der Waals surface area contributed by atoms with Gasteiger partial charge in [0.25, 0.3) is 0 Å². The molecule has 0 spiro atoms. The van der Waals surface area contributed by atoms with E-state index in [2.05, 4.69) is 4.72 Å². The van der Waals surface area contributed by atoms with Crippen LogP contribution in [0.5, 0.6) is 5.75 Å². The van der Waals surface area contributed by atoms with Gasteiger partial charge in [0.2, 0.25) is 10.0 Å². The van der Waals surface area contributed by atoms with Crippen molar-refractivity contribution in [2.75, 3.05) is 7.11 Å². The minimum Gasteiger partial charge on any atom is -0.496 e. The molecule has 0 bridgehead atoms. The monoisotopic (exact) mass is 319 g/mol. The molecule has 0 aromatic heterocycles. The Morgan fingerprint density at radius 2 is 1.73 bits per heavy atom. The molecule has 2 rings (SSSR count). The molecular formula is C17H21NO3S. The zero-order chi connectivity index (χ0) is 16.2. The molecule has 22 heavy (non-hydrogen) atoms. The lowest BCUT2D eigenvalue weighted by atomic mass is 10.1. The van der Waals surface area contributed by atoms with Crippen LogP contribution in [0.15, 0.2) is 48.5 Å². The third kappa shape index (κ3) is 4.32. The van der Waals surface area contributed by atoms with Gasteiger partial charge in [-0.1, -0.05) is 48.0 Å². The van der Waals surface area contributed by atoms with Gasteiger partial charge in [0.15, 0.2) is 0 Å². The summed E-state index contributed by atoms with van der Waals surface area (Å²) in [6, 6.07) is 14.5. The molecule has 2 aromatic carbocycles. The highest BCUT2D eigenvalue weighted by molar-refractivity contribution is 7.88. The second kappa shape index (κ2) is 6.94. The van der Waals surface area contributed by atoms with Crippen LogP contribution in [0, 0.1) is 6.92 Å². The number of rotatable bonds is 6. The molecule has 1 N–H and O–H groups in total. The average molecular weight is 319 g/mol. The van der Waals surface area contributed by atoms with Crippen molar-refractivity contribution in [3.63, 3.8) is 0 Å². The van der Waals surface area contributed by atoms with E-state index in [-0.39, 0.29) is 11.8 Å². The van der Waals surface area contributed by atoms with Gasteiger partial charge in [-0.2, -0.15) is 0 Å². The fourth-order valence-corrected chi connectivity index (χ4v) is 3.68. The fourth-order valence-electron chi connectivity index (χ4n) is 2.30. The lowest BCUT2D eigenvalue weighted by Gasteiger charge is -2.17.